The monoisotopic (exact) mass is 245 g/mol. The van der Waals surface area contributed by atoms with E-state index in [1.54, 1.807) is 0 Å². The van der Waals surface area contributed by atoms with Crippen LogP contribution in [0.25, 0.3) is 0 Å². The van der Waals surface area contributed by atoms with Crippen molar-refractivity contribution in [2.45, 2.75) is 46.5 Å². The van der Waals surface area contributed by atoms with Gasteiger partial charge in [-0.05, 0) is 41.9 Å². The lowest BCUT2D eigenvalue weighted by molar-refractivity contribution is 0.352. The van der Waals surface area contributed by atoms with Gasteiger partial charge in [-0.25, -0.2) is 0 Å². The zero-order chi connectivity index (χ0) is 13.1. The molecule has 1 aromatic rings. The average molecular weight is 245 g/mol. The molecular weight excluding hydrogens is 218 g/mol. The molecule has 0 atom stereocenters. The molecule has 18 heavy (non-hydrogen) atoms. The molecule has 1 heteroatoms. The molecule has 1 aliphatic rings. The molecule has 1 nitrogen and oxygen atoms in total. The Hall–Kier alpha value is -0.980. The van der Waals surface area contributed by atoms with Crippen LogP contribution in [-0.2, 0) is 0 Å². The van der Waals surface area contributed by atoms with Gasteiger partial charge >= 0.3 is 0 Å². The average Bonchev–Trinajstić information content (AvgIpc) is 2.27. The van der Waals surface area contributed by atoms with E-state index in [1.165, 1.54) is 37.2 Å². The second-order valence-electron chi connectivity index (χ2n) is 6.49. The summed E-state index contributed by atoms with van der Waals surface area (Å²) in [5.41, 5.74) is 2.84. The largest absolute Gasteiger partial charge is 0.371 e. The molecule has 0 unspecified atom stereocenters. The highest BCUT2D eigenvalue weighted by Gasteiger charge is 2.26. The fraction of sp³-hybridized carbons (Fsp3) is 0.647. The minimum absolute atomic E-state index is 0.634. The normalized spacial score (nSPS) is 16.4. The van der Waals surface area contributed by atoms with Crippen molar-refractivity contribution < 1.29 is 0 Å². The molecule has 1 aliphatic heterocycles. The number of hydrogen-bond acceptors (Lipinski definition) is 1. The van der Waals surface area contributed by atoms with E-state index >= 15 is 0 Å². The Morgan fingerprint density at radius 1 is 1.06 bits per heavy atom. The van der Waals surface area contributed by atoms with Crippen molar-refractivity contribution in [3.05, 3.63) is 29.8 Å². The summed E-state index contributed by atoms with van der Waals surface area (Å²) in [4.78, 5) is 2.51. The Morgan fingerprint density at radius 2 is 1.67 bits per heavy atom. The molecule has 1 heterocycles. The Labute approximate surface area is 112 Å². The van der Waals surface area contributed by atoms with Crippen LogP contribution in [0.1, 0.15) is 52.0 Å². The fourth-order valence-corrected chi connectivity index (χ4v) is 2.60. The Morgan fingerprint density at radius 3 is 2.17 bits per heavy atom. The quantitative estimate of drug-likeness (QED) is 0.728. The lowest BCUT2D eigenvalue weighted by atomic mass is 9.91. The molecule has 1 aromatic carbocycles. The maximum Gasteiger partial charge on any atom is 0.0366 e. The van der Waals surface area contributed by atoms with Crippen LogP contribution >= 0.6 is 0 Å². The van der Waals surface area contributed by atoms with Crippen molar-refractivity contribution in [2.24, 2.45) is 11.8 Å². The standard InChI is InChI=1S/C17H27N/c1-13(2)5-6-15-11-18(12-15)17-9-7-16(8-10-17)14(3)4/h7-10,13-15H,5-6,11-12H2,1-4H3. The first-order chi connectivity index (χ1) is 8.56. The molecule has 0 saturated carbocycles. The lowest BCUT2D eigenvalue weighted by Crippen LogP contribution is -2.46. The van der Waals surface area contributed by atoms with Gasteiger partial charge in [0.25, 0.3) is 0 Å². The fourth-order valence-electron chi connectivity index (χ4n) is 2.60. The zero-order valence-electron chi connectivity index (χ0n) is 12.3. The first-order valence-corrected chi connectivity index (χ1v) is 7.41. The Kier molecular flexibility index (Phi) is 4.31. The predicted molar refractivity (Wildman–Crippen MR) is 80.3 cm³/mol. The van der Waals surface area contributed by atoms with Gasteiger partial charge in [-0.2, -0.15) is 0 Å². The molecule has 0 aromatic heterocycles. The van der Waals surface area contributed by atoms with Crippen molar-refractivity contribution in [1.82, 2.24) is 0 Å². The van der Waals surface area contributed by atoms with Crippen molar-refractivity contribution in [3.63, 3.8) is 0 Å². The SMILES string of the molecule is CC(C)CCC1CN(c2ccc(C(C)C)cc2)C1. The van der Waals surface area contributed by atoms with Crippen LogP contribution < -0.4 is 4.90 Å². The molecule has 0 aliphatic carbocycles. The summed E-state index contributed by atoms with van der Waals surface area (Å²) in [6.07, 6.45) is 2.78. The number of anilines is 1. The second-order valence-corrected chi connectivity index (χ2v) is 6.49. The smallest absolute Gasteiger partial charge is 0.0366 e. The molecule has 0 radical (unpaired) electrons. The third-order valence-corrected chi connectivity index (χ3v) is 4.03. The van der Waals surface area contributed by atoms with Crippen molar-refractivity contribution >= 4 is 5.69 Å². The van der Waals surface area contributed by atoms with Crippen LogP contribution in [0.5, 0.6) is 0 Å². The summed E-state index contributed by atoms with van der Waals surface area (Å²) in [7, 11) is 0. The first kappa shape index (κ1) is 13.5. The van der Waals surface area contributed by atoms with E-state index in [2.05, 4.69) is 56.9 Å². The molecular formula is C17H27N. The topological polar surface area (TPSA) is 3.24 Å². The van der Waals surface area contributed by atoms with Crippen LogP contribution in [0.4, 0.5) is 5.69 Å². The van der Waals surface area contributed by atoms with Crippen LogP contribution in [0, 0.1) is 11.8 Å². The van der Waals surface area contributed by atoms with E-state index in [1.807, 2.05) is 0 Å². The molecule has 0 bridgehead atoms. The summed E-state index contributed by atoms with van der Waals surface area (Å²) >= 11 is 0. The summed E-state index contributed by atoms with van der Waals surface area (Å²) in [5, 5.41) is 0. The van der Waals surface area contributed by atoms with Crippen molar-refractivity contribution in [1.29, 1.82) is 0 Å². The van der Waals surface area contributed by atoms with Crippen LogP contribution in [0.2, 0.25) is 0 Å². The summed E-state index contributed by atoms with van der Waals surface area (Å²) < 4.78 is 0. The molecule has 0 spiro atoms. The second kappa shape index (κ2) is 5.77. The van der Waals surface area contributed by atoms with Gasteiger partial charge in [0, 0.05) is 18.8 Å². The number of hydrogen-bond donors (Lipinski definition) is 0. The predicted octanol–water partition coefficient (Wildman–Crippen LogP) is 4.68. The van der Waals surface area contributed by atoms with Gasteiger partial charge < -0.3 is 4.90 Å². The minimum atomic E-state index is 0.634. The summed E-state index contributed by atoms with van der Waals surface area (Å²) in [6, 6.07) is 9.13. The molecule has 1 fully saturated rings. The van der Waals surface area contributed by atoms with Crippen LogP contribution in [0.15, 0.2) is 24.3 Å². The van der Waals surface area contributed by atoms with E-state index in [9.17, 15) is 0 Å². The highest BCUT2D eigenvalue weighted by atomic mass is 15.2. The summed E-state index contributed by atoms with van der Waals surface area (Å²) in [5.74, 6) is 2.41. The maximum absolute atomic E-state index is 2.51. The van der Waals surface area contributed by atoms with Gasteiger partial charge in [0.15, 0.2) is 0 Å². The highest BCUT2D eigenvalue weighted by molar-refractivity contribution is 5.50. The van der Waals surface area contributed by atoms with Gasteiger partial charge in [0.2, 0.25) is 0 Å². The van der Waals surface area contributed by atoms with Crippen molar-refractivity contribution in [3.8, 4) is 0 Å². The van der Waals surface area contributed by atoms with Crippen LogP contribution in [-0.4, -0.2) is 13.1 Å². The molecule has 100 valence electrons. The number of nitrogens with zero attached hydrogens (tertiary/aromatic N) is 1. The first-order valence-electron chi connectivity index (χ1n) is 7.41. The third-order valence-electron chi connectivity index (χ3n) is 4.03. The maximum atomic E-state index is 2.51. The van der Waals surface area contributed by atoms with Gasteiger partial charge in [-0.15, -0.1) is 0 Å². The zero-order valence-corrected chi connectivity index (χ0v) is 12.3. The van der Waals surface area contributed by atoms with Crippen LogP contribution in [0.3, 0.4) is 0 Å². The molecule has 0 N–H and O–H groups in total. The highest BCUT2D eigenvalue weighted by Crippen LogP contribution is 2.29. The van der Waals surface area contributed by atoms with E-state index in [0.717, 1.165) is 11.8 Å². The lowest BCUT2D eigenvalue weighted by Gasteiger charge is -2.41. The van der Waals surface area contributed by atoms with Gasteiger partial charge in [0.05, 0.1) is 0 Å². The molecule has 0 amide bonds. The van der Waals surface area contributed by atoms with E-state index < -0.39 is 0 Å². The number of benzene rings is 1. The molecule has 1 saturated heterocycles. The Balaban J connectivity index is 1.81. The third kappa shape index (κ3) is 3.28. The minimum Gasteiger partial charge on any atom is -0.371 e. The van der Waals surface area contributed by atoms with E-state index in [0.29, 0.717) is 5.92 Å². The number of rotatable bonds is 5. The van der Waals surface area contributed by atoms with Gasteiger partial charge in [0.1, 0.15) is 0 Å². The van der Waals surface area contributed by atoms with Crippen molar-refractivity contribution in [2.75, 3.05) is 18.0 Å². The van der Waals surface area contributed by atoms with E-state index in [4.69, 9.17) is 0 Å². The van der Waals surface area contributed by atoms with E-state index in [-0.39, 0.29) is 0 Å². The van der Waals surface area contributed by atoms with Gasteiger partial charge in [-0.3, -0.25) is 0 Å². The Bertz CT molecular complexity index is 358. The molecule has 2 rings (SSSR count). The summed E-state index contributed by atoms with van der Waals surface area (Å²) in [6.45, 7) is 11.7. The van der Waals surface area contributed by atoms with Gasteiger partial charge in [-0.1, -0.05) is 46.2 Å².